The summed E-state index contributed by atoms with van der Waals surface area (Å²) < 4.78 is 26.3. The molecule has 0 atom stereocenters. The highest BCUT2D eigenvalue weighted by Crippen LogP contribution is 2.16. The quantitative estimate of drug-likeness (QED) is 0.802. The molecule has 3 N–H and O–H groups in total. The Morgan fingerprint density at radius 3 is 2.60 bits per heavy atom. The number of carboxylic acid groups (broad SMARTS) is 1. The van der Waals surface area contributed by atoms with E-state index in [1.165, 1.54) is 12.2 Å². The second kappa shape index (κ2) is 4.65. The second-order valence-corrected chi connectivity index (χ2v) is 2.80. The summed E-state index contributed by atoms with van der Waals surface area (Å²) in [7, 11) is 0. The number of aromatic carboxylic acids is 1. The molecular weight excluding hydrogens is 204 g/mol. The molecule has 1 rings (SSSR count). The second-order valence-electron chi connectivity index (χ2n) is 2.80. The molecule has 15 heavy (non-hydrogen) atoms. The normalized spacial score (nSPS) is 10.9. The van der Waals surface area contributed by atoms with Crippen LogP contribution in [0, 0.1) is 11.6 Å². The minimum Gasteiger partial charge on any atom is -0.478 e. The highest BCUT2D eigenvalue weighted by molar-refractivity contribution is 5.88. The van der Waals surface area contributed by atoms with Crippen LogP contribution in [0.4, 0.5) is 8.78 Å². The number of carboxylic acids is 1. The first-order valence-electron chi connectivity index (χ1n) is 4.15. The fourth-order valence-electron chi connectivity index (χ4n) is 1.05. The van der Waals surface area contributed by atoms with Gasteiger partial charge in [0.1, 0.15) is 11.6 Å². The van der Waals surface area contributed by atoms with Gasteiger partial charge < -0.3 is 10.8 Å². The van der Waals surface area contributed by atoms with Crippen LogP contribution in [0.3, 0.4) is 0 Å². The summed E-state index contributed by atoms with van der Waals surface area (Å²) in [6.07, 6.45) is 2.74. The maximum absolute atomic E-state index is 13.2. The molecule has 80 valence electrons. The van der Waals surface area contributed by atoms with Gasteiger partial charge in [0.25, 0.3) is 0 Å². The molecule has 0 saturated carbocycles. The lowest BCUT2D eigenvalue weighted by molar-refractivity contribution is 0.0691. The molecule has 3 nitrogen and oxygen atoms in total. The largest absolute Gasteiger partial charge is 0.478 e. The molecule has 0 bridgehead atoms. The van der Waals surface area contributed by atoms with Gasteiger partial charge in [-0.15, -0.1) is 0 Å². The highest BCUT2D eigenvalue weighted by Gasteiger charge is 2.13. The molecule has 0 aliphatic heterocycles. The topological polar surface area (TPSA) is 63.3 Å². The third-order valence-corrected chi connectivity index (χ3v) is 1.75. The monoisotopic (exact) mass is 213 g/mol. The maximum atomic E-state index is 13.2. The fourth-order valence-corrected chi connectivity index (χ4v) is 1.05. The van der Waals surface area contributed by atoms with Gasteiger partial charge in [-0.3, -0.25) is 0 Å². The van der Waals surface area contributed by atoms with Gasteiger partial charge in [0.05, 0.1) is 5.56 Å². The van der Waals surface area contributed by atoms with E-state index in [9.17, 15) is 13.6 Å². The molecule has 0 fully saturated rings. The van der Waals surface area contributed by atoms with Crippen LogP contribution in [-0.2, 0) is 0 Å². The van der Waals surface area contributed by atoms with Crippen molar-refractivity contribution < 1.29 is 18.7 Å². The Bertz CT molecular complexity index is 416. The summed E-state index contributed by atoms with van der Waals surface area (Å²) in [6, 6.07) is 1.47. The average Bonchev–Trinajstić information content (AvgIpc) is 2.18. The molecule has 0 aromatic heterocycles. The van der Waals surface area contributed by atoms with Crippen LogP contribution in [0.1, 0.15) is 15.9 Å². The summed E-state index contributed by atoms with van der Waals surface area (Å²) in [5, 5.41) is 8.51. The van der Waals surface area contributed by atoms with Gasteiger partial charge in [-0.05, 0) is 12.1 Å². The van der Waals surface area contributed by atoms with Crippen LogP contribution >= 0.6 is 0 Å². The van der Waals surface area contributed by atoms with Crippen LogP contribution in [0.15, 0.2) is 18.2 Å². The first kappa shape index (κ1) is 11.3. The van der Waals surface area contributed by atoms with Crippen LogP contribution in [0.25, 0.3) is 6.08 Å². The van der Waals surface area contributed by atoms with E-state index in [-0.39, 0.29) is 12.1 Å². The number of benzene rings is 1. The summed E-state index contributed by atoms with van der Waals surface area (Å²) in [5.74, 6) is -3.26. The summed E-state index contributed by atoms with van der Waals surface area (Å²) in [6.45, 7) is 0.196. The van der Waals surface area contributed by atoms with Gasteiger partial charge in [-0.2, -0.15) is 0 Å². The Morgan fingerprint density at radius 2 is 2.07 bits per heavy atom. The number of rotatable bonds is 3. The minimum atomic E-state index is -1.50. The van der Waals surface area contributed by atoms with Crippen molar-refractivity contribution in [3.05, 3.63) is 41.0 Å². The molecule has 0 amide bonds. The third-order valence-electron chi connectivity index (χ3n) is 1.75. The van der Waals surface area contributed by atoms with Gasteiger partial charge in [0, 0.05) is 12.1 Å². The maximum Gasteiger partial charge on any atom is 0.338 e. The van der Waals surface area contributed by atoms with Crippen LogP contribution in [-0.4, -0.2) is 17.6 Å². The molecule has 0 spiro atoms. The molecule has 0 aliphatic carbocycles. The number of hydrogen-bond donors (Lipinski definition) is 2. The number of hydrogen-bond acceptors (Lipinski definition) is 2. The first-order chi connectivity index (χ1) is 7.06. The van der Waals surface area contributed by atoms with E-state index in [1.807, 2.05) is 0 Å². The Balaban J connectivity index is 3.19. The average molecular weight is 213 g/mol. The molecule has 0 heterocycles. The minimum absolute atomic E-state index is 0.0250. The van der Waals surface area contributed by atoms with Gasteiger partial charge in [-0.25, -0.2) is 13.6 Å². The molecule has 0 radical (unpaired) electrons. The number of carbonyl (C=O) groups is 1. The van der Waals surface area contributed by atoms with Crippen molar-refractivity contribution >= 4 is 12.0 Å². The molecule has 1 aromatic rings. The van der Waals surface area contributed by atoms with E-state index < -0.39 is 23.2 Å². The van der Waals surface area contributed by atoms with E-state index in [4.69, 9.17) is 10.8 Å². The smallest absolute Gasteiger partial charge is 0.338 e. The standard InChI is InChI=1S/C10H9F2NO2/c11-8-5-7(10(14)15)9(12)4-6(8)2-1-3-13/h1-2,4-5H,3,13H2,(H,14,15)/b2-1+. The Hall–Kier alpha value is -1.75. The van der Waals surface area contributed by atoms with Crippen molar-refractivity contribution in [2.45, 2.75) is 0 Å². The molecular formula is C10H9F2NO2. The van der Waals surface area contributed by atoms with Crippen molar-refractivity contribution in [1.82, 2.24) is 0 Å². The van der Waals surface area contributed by atoms with Crippen molar-refractivity contribution in [3.8, 4) is 0 Å². The lowest BCUT2D eigenvalue weighted by Gasteiger charge is -2.01. The molecule has 5 heteroatoms. The number of nitrogens with two attached hydrogens (primary N) is 1. The van der Waals surface area contributed by atoms with Crippen molar-refractivity contribution in [2.75, 3.05) is 6.54 Å². The Kier molecular flexibility index (Phi) is 3.51. The van der Waals surface area contributed by atoms with E-state index in [0.717, 1.165) is 6.07 Å². The zero-order valence-electron chi connectivity index (χ0n) is 7.71. The summed E-state index contributed by atoms with van der Waals surface area (Å²) >= 11 is 0. The van der Waals surface area contributed by atoms with Crippen molar-refractivity contribution in [3.63, 3.8) is 0 Å². The Morgan fingerprint density at radius 1 is 1.40 bits per heavy atom. The SMILES string of the molecule is NC/C=C/c1cc(F)c(C(=O)O)cc1F. The molecule has 1 aromatic carbocycles. The lowest BCUT2D eigenvalue weighted by atomic mass is 10.1. The van der Waals surface area contributed by atoms with E-state index >= 15 is 0 Å². The van der Waals surface area contributed by atoms with Gasteiger partial charge in [0.15, 0.2) is 0 Å². The van der Waals surface area contributed by atoms with Crippen LogP contribution in [0.5, 0.6) is 0 Å². The van der Waals surface area contributed by atoms with Crippen molar-refractivity contribution in [1.29, 1.82) is 0 Å². The van der Waals surface area contributed by atoms with Crippen molar-refractivity contribution in [2.24, 2.45) is 5.73 Å². The van der Waals surface area contributed by atoms with E-state index in [2.05, 4.69) is 0 Å². The number of halogens is 2. The molecule has 0 saturated heterocycles. The molecule has 0 unspecified atom stereocenters. The predicted octanol–water partition coefficient (Wildman–Crippen LogP) is 1.63. The molecule has 0 aliphatic rings. The third kappa shape index (κ3) is 2.60. The Labute approximate surface area is 84.8 Å². The lowest BCUT2D eigenvalue weighted by Crippen LogP contribution is -2.02. The predicted molar refractivity (Wildman–Crippen MR) is 51.4 cm³/mol. The fraction of sp³-hybridized carbons (Fsp3) is 0.100. The van der Waals surface area contributed by atoms with Crippen LogP contribution < -0.4 is 5.73 Å². The van der Waals surface area contributed by atoms with Crippen LogP contribution in [0.2, 0.25) is 0 Å². The van der Waals surface area contributed by atoms with E-state index in [1.54, 1.807) is 0 Å². The van der Waals surface area contributed by atoms with Gasteiger partial charge >= 0.3 is 5.97 Å². The zero-order valence-corrected chi connectivity index (χ0v) is 7.71. The highest BCUT2D eigenvalue weighted by atomic mass is 19.1. The van der Waals surface area contributed by atoms with Gasteiger partial charge in [-0.1, -0.05) is 12.2 Å². The van der Waals surface area contributed by atoms with E-state index in [0.29, 0.717) is 6.07 Å². The summed E-state index contributed by atoms with van der Waals surface area (Å²) in [5.41, 5.74) is 4.44. The first-order valence-corrected chi connectivity index (χ1v) is 4.15. The zero-order chi connectivity index (χ0) is 11.4. The van der Waals surface area contributed by atoms with Gasteiger partial charge in [0.2, 0.25) is 0 Å². The summed E-state index contributed by atoms with van der Waals surface area (Å²) in [4.78, 5) is 10.5.